The van der Waals surface area contributed by atoms with E-state index in [0.717, 1.165) is 166 Å². The molecule has 0 aromatic heterocycles. The Balaban J connectivity index is 0.0000000756. The summed E-state index contributed by atoms with van der Waals surface area (Å²) in [6, 6.07) is 0. The van der Waals surface area contributed by atoms with E-state index in [1.807, 2.05) is 0 Å². The maximum absolute atomic E-state index is 2.59. The smallest absolute Gasteiger partial charge is 0.0194 e. The molecule has 0 saturated heterocycles. The fourth-order valence-corrected chi connectivity index (χ4v) is 25.4. The van der Waals surface area contributed by atoms with E-state index in [9.17, 15) is 0 Å². The SMILES string of the molecule is C1=CC2CC1C1CC3C4C=CC(C4)C3CC21.C1=CC2CC1C1CC3C4CCC(C4)C3C21.C1=CC2CCC1C1CC3C4C=CC(C4)C3CC21.C1=CC2CCC1C1CC3C4C=CC(CC4)C3CC21. The monoisotopic (exact) mass is 879 g/mol. The van der Waals surface area contributed by atoms with Crippen LogP contribution in [0.4, 0.5) is 0 Å². The van der Waals surface area contributed by atoms with Crippen molar-refractivity contribution in [3.05, 3.63) is 85.1 Å². The Morgan fingerprint density at radius 3 is 0.727 bits per heavy atom. The average molecular weight is 879 g/mol. The molecular weight excluding hydrogens is 793 g/mol. The molecule has 0 nitrogen and oxygen atoms in total. The minimum Gasteiger partial charge on any atom is -0.0848 e. The summed E-state index contributed by atoms with van der Waals surface area (Å²) in [5, 5.41) is 0. The largest absolute Gasteiger partial charge is 0.0848 e. The molecule has 350 valence electrons. The summed E-state index contributed by atoms with van der Waals surface area (Å²) in [5.74, 6) is 33.7. The van der Waals surface area contributed by atoms with Crippen molar-refractivity contribution in [1.29, 1.82) is 0 Å². The summed E-state index contributed by atoms with van der Waals surface area (Å²) in [4.78, 5) is 0. The molecule has 66 heavy (non-hydrogen) atoms. The van der Waals surface area contributed by atoms with Crippen molar-refractivity contribution in [1.82, 2.24) is 0 Å². The molecule has 32 atom stereocenters. The summed E-state index contributed by atoms with van der Waals surface area (Å²) in [7, 11) is 0. The topological polar surface area (TPSA) is 0 Å². The quantitative estimate of drug-likeness (QED) is 0.213. The molecule has 0 aliphatic heterocycles. The van der Waals surface area contributed by atoms with Gasteiger partial charge in [0.25, 0.3) is 0 Å². The summed E-state index contributed by atoms with van der Waals surface area (Å²) in [6.07, 6.45) is 67.0. The molecule has 0 spiro atoms. The first kappa shape index (κ1) is 39.8. The minimum atomic E-state index is 0.963. The van der Waals surface area contributed by atoms with E-state index in [1.165, 1.54) is 87.9 Å². The van der Waals surface area contributed by atoms with Crippen LogP contribution >= 0.6 is 0 Å². The van der Waals surface area contributed by atoms with Gasteiger partial charge in [-0.05, 0) is 318 Å². The van der Waals surface area contributed by atoms with Gasteiger partial charge in [-0.25, -0.2) is 0 Å². The predicted molar refractivity (Wildman–Crippen MR) is 268 cm³/mol. The second kappa shape index (κ2) is 14.9. The second-order valence-corrected chi connectivity index (χ2v) is 29.1. The van der Waals surface area contributed by atoms with Crippen molar-refractivity contribution in [2.24, 2.45) is 189 Å². The minimum absolute atomic E-state index is 0.963. The Labute approximate surface area is 401 Å². The van der Waals surface area contributed by atoms with Gasteiger partial charge in [-0.1, -0.05) is 85.1 Å². The van der Waals surface area contributed by atoms with E-state index >= 15 is 0 Å². The van der Waals surface area contributed by atoms with Crippen LogP contribution in [0, 0.1) is 189 Å². The van der Waals surface area contributed by atoms with Gasteiger partial charge in [-0.3, -0.25) is 0 Å². The molecular formula is C66H86. The van der Waals surface area contributed by atoms with Crippen LogP contribution in [0.3, 0.4) is 0 Å². The first-order valence-corrected chi connectivity index (χ1v) is 30.4. The molecule has 0 aromatic rings. The lowest BCUT2D eigenvalue weighted by atomic mass is 9.48. The summed E-state index contributed by atoms with van der Waals surface area (Å²) in [5.41, 5.74) is 0. The van der Waals surface area contributed by atoms with Crippen molar-refractivity contribution < 1.29 is 0 Å². The van der Waals surface area contributed by atoms with Gasteiger partial charge in [-0.2, -0.15) is 0 Å². The number of fused-ring (bicyclic) bond motifs is 29. The number of hydrogen-bond acceptors (Lipinski definition) is 0. The first-order chi connectivity index (χ1) is 32.6. The lowest BCUT2D eigenvalue weighted by Crippen LogP contribution is -2.49. The van der Waals surface area contributed by atoms with Crippen molar-refractivity contribution in [2.45, 2.75) is 128 Å². The molecule has 13 fully saturated rings. The molecule has 16 bridgehead atoms. The van der Waals surface area contributed by atoms with E-state index in [4.69, 9.17) is 0 Å². The van der Waals surface area contributed by atoms with Gasteiger partial charge in [0.2, 0.25) is 0 Å². The van der Waals surface area contributed by atoms with Gasteiger partial charge in [0.05, 0.1) is 0 Å². The molecule has 0 aromatic carbocycles. The Bertz CT molecular complexity index is 1980. The lowest BCUT2D eigenvalue weighted by molar-refractivity contribution is -0.0346. The van der Waals surface area contributed by atoms with Crippen LogP contribution in [-0.4, -0.2) is 0 Å². The van der Waals surface area contributed by atoms with E-state index in [-0.39, 0.29) is 0 Å². The molecule has 13 saturated carbocycles. The zero-order valence-electron chi connectivity index (χ0n) is 40.7. The highest BCUT2D eigenvalue weighted by Gasteiger charge is 2.63. The molecule has 0 radical (unpaired) electrons. The van der Waals surface area contributed by atoms with Crippen molar-refractivity contribution in [3.63, 3.8) is 0 Å². The van der Waals surface area contributed by atoms with E-state index < -0.39 is 0 Å². The molecule has 0 heteroatoms. The maximum atomic E-state index is 2.59. The second-order valence-electron chi connectivity index (χ2n) is 29.1. The highest BCUT2D eigenvalue weighted by Crippen LogP contribution is 2.70. The van der Waals surface area contributed by atoms with Crippen molar-refractivity contribution in [2.75, 3.05) is 0 Å². The Kier molecular flexibility index (Phi) is 8.98. The maximum Gasteiger partial charge on any atom is -0.0194 e. The van der Waals surface area contributed by atoms with Gasteiger partial charge >= 0.3 is 0 Å². The van der Waals surface area contributed by atoms with Crippen molar-refractivity contribution in [3.8, 4) is 0 Å². The molecule has 0 heterocycles. The molecule has 0 N–H and O–H groups in total. The number of hydrogen-bond donors (Lipinski definition) is 0. The van der Waals surface area contributed by atoms with Gasteiger partial charge in [-0.15, -0.1) is 0 Å². The third-order valence-corrected chi connectivity index (χ3v) is 27.8. The molecule has 23 rings (SSSR count). The normalized spacial score (nSPS) is 63.0. The standard InChI is InChI=1S/C18H24.C17H22.C16H20.C15H20/c1-2-12-4-3-11(1)15-9-17-13-5-7-14(8-6-13)18(17)10-16(12)15;1-2-11-4-3-10(1)14-8-16-12-5-6-13(7-12)17(16)9-15(11)14;1-2-10-5-9(1)13-7-15-11-3-4-12(6-11)16(15)8-14(10)13;1-3-10-5-8(1)12-7-13-9-2-4-11(6-9)15(13)14(10)12/h1-2,5,7,11-18H,3-4,6,8-10H2;1-2,5-6,10-17H,3-4,7-9H2;1-4,9-16H,5-8H2;1,3,8-15H,2,4-7H2. The van der Waals surface area contributed by atoms with Crippen molar-refractivity contribution >= 4 is 0 Å². The van der Waals surface area contributed by atoms with Crippen LogP contribution < -0.4 is 0 Å². The zero-order chi connectivity index (χ0) is 42.5. The lowest BCUT2D eigenvalue weighted by Gasteiger charge is -2.57. The molecule has 0 amide bonds. The third kappa shape index (κ3) is 5.75. The van der Waals surface area contributed by atoms with Crippen LogP contribution in [0.5, 0.6) is 0 Å². The highest BCUT2D eigenvalue weighted by molar-refractivity contribution is 5.24. The summed E-state index contributed by atoms with van der Waals surface area (Å²) >= 11 is 0. The molecule has 23 aliphatic carbocycles. The Morgan fingerprint density at radius 2 is 0.394 bits per heavy atom. The number of rotatable bonds is 0. The van der Waals surface area contributed by atoms with E-state index in [1.54, 1.807) is 64.2 Å². The van der Waals surface area contributed by atoms with E-state index in [2.05, 4.69) is 85.1 Å². The van der Waals surface area contributed by atoms with Gasteiger partial charge in [0, 0.05) is 0 Å². The summed E-state index contributed by atoms with van der Waals surface area (Å²) < 4.78 is 0. The van der Waals surface area contributed by atoms with Crippen LogP contribution in [0.1, 0.15) is 128 Å². The Morgan fingerprint density at radius 1 is 0.152 bits per heavy atom. The zero-order valence-corrected chi connectivity index (χ0v) is 40.7. The molecule has 32 unspecified atom stereocenters. The predicted octanol–water partition coefficient (Wildman–Crippen LogP) is 15.6. The third-order valence-electron chi connectivity index (χ3n) is 27.8. The van der Waals surface area contributed by atoms with Gasteiger partial charge < -0.3 is 0 Å². The van der Waals surface area contributed by atoms with Crippen LogP contribution in [0.2, 0.25) is 0 Å². The summed E-state index contributed by atoms with van der Waals surface area (Å²) in [6.45, 7) is 0. The average Bonchev–Trinajstić information content (AvgIpc) is 4.22. The van der Waals surface area contributed by atoms with E-state index in [0.29, 0.717) is 0 Å². The van der Waals surface area contributed by atoms with Gasteiger partial charge in [0.15, 0.2) is 0 Å². The van der Waals surface area contributed by atoms with Crippen LogP contribution in [-0.2, 0) is 0 Å². The fraction of sp³-hybridized carbons (Fsp3) is 0.788. The fourth-order valence-electron chi connectivity index (χ4n) is 25.4. The Hall–Kier alpha value is -1.82. The highest BCUT2D eigenvalue weighted by atomic mass is 14.7. The molecule has 23 aliphatic rings. The first-order valence-electron chi connectivity index (χ1n) is 30.4. The van der Waals surface area contributed by atoms with Crippen LogP contribution in [0.15, 0.2) is 85.1 Å². The number of allylic oxidation sites excluding steroid dienone is 14. The van der Waals surface area contributed by atoms with Crippen LogP contribution in [0.25, 0.3) is 0 Å². The van der Waals surface area contributed by atoms with Gasteiger partial charge in [0.1, 0.15) is 0 Å².